The van der Waals surface area contributed by atoms with Gasteiger partial charge in [0.05, 0.1) is 5.60 Å². The average Bonchev–Trinajstić information content (AvgIpc) is 2.59. The molecule has 0 bridgehead atoms. The Morgan fingerprint density at radius 1 is 0.950 bits per heavy atom. The smallest absolute Gasteiger partial charge is 0.196 e. The first kappa shape index (κ1) is 13.3. The van der Waals surface area contributed by atoms with E-state index < -0.39 is 6.10 Å². The number of ether oxygens (including phenoxy) is 1. The van der Waals surface area contributed by atoms with E-state index in [-0.39, 0.29) is 11.4 Å². The zero-order valence-electron chi connectivity index (χ0n) is 12.7. The second-order valence-corrected chi connectivity index (χ2v) is 6.63. The van der Waals surface area contributed by atoms with Crippen molar-refractivity contribution in [2.75, 3.05) is 0 Å². The van der Waals surface area contributed by atoms with Crippen LogP contribution in [0, 0.1) is 13.8 Å². The Morgan fingerprint density at radius 2 is 1.55 bits per heavy atom. The van der Waals surface area contributed by atoms with Gasteiger partial charge in [-0.2, -0.15) is 0 Å². The fourth-order valence-corrected chi connectivity index (χ4v) is 3.07. The fourth-order valence-electron chi connectivity index (χ4n) is 3.07. The Morgan fingerprint density at radius 3 is 2.15 bits per heavy atom. The van der Waals surface area contributed by atoms with Gasteiger partial charge in [-0.25, -0.2) is 0 Å². The Kier molecular flexibility index (Phi) is 2.77. The van der Waals surface area contributed by atoms with Crippen molar-refractivity contribution >= 4 is 16.6 Å². The standard InChI is InChI=1S/C18H20O2/c1-10-6-8-12-15-13(9-7-11(2)14(10)15)17(16(12)19)20-18(3,4)5/h6-9,17H,1-5H3. The molecule has 0 saturated heterocycles. The molecule has 2 aromatic carbocycles. The van der Waals surface area contributed by atoms with Crippen LogP contribution in [-0.2, 0) is 4.74 Å². The van der Waals surface area contributed by atoms with Crippen molar-refractivity contribution in [1.29, 1.82) is 0 Å². The maximum atomic E-state index is 12.7. The Balaban J connectivity index is 2.28. The van der Waals surface area contributed by atoms with E-state index in [1.807, 2.05) is 39.0 Å². The number of carbonyl (C=O) groups is 1. The normalized spacial score (nSPS) is 18.1. The lowest BCUT2D eigenvalue weighted by Gasteiger charge is -2.24. The van der Waals surface area contributed by atoms with Crippen LogP contribution in [0.2, 0.25) is 0 Å². The number of Topliss-reactive ketones (excluding diaryl/α,β-unsaturated/α-hetero) is 1. The molecule has 0 radical (unpaired) electrons. The Hall–Kier alpha value is -1.67. The van der Waals surface area contributed by atoms with Gasteiger partial charge in [0.25, 0.3) is 0 Å². The topological polar surface area (TPSA) is 26.3 Å². The zero-order valence-corrected chi connectivity index (χ0v) is 12.7. The van der Waals surface area contributed by atoms with Crippen molar-refractivity contribution in [1.82, 2.24) is 0 Å². The molecule has 2 heteroatoms. The van der Waals surface area contributed by atoms with Crippen LogP contribution in [0.25, 0.3) is 10.8 Å². The van der Waals surface area contributed by atoms with Gasteiger partial charge in [0.2, 0.25) is 0 Å². The van der Waals surface area contributed by atoms with Crippen molar-refractivity contribution in [3.8, 4) is 0 Å². The number of ketones is 1. The molecule has 1 aliphatic carbocycles. The van der Waals surface area contributed by atoms with Gasteiger partial charge in [0, 0.05) is 5.56 Å². The molecule has 2 aromatic rings. The quantitative estimate of drug-likeness (QED) is 0.760. The molecule has 20 heavy (non-hydrogen) atoms. The summed E-state index contributed by atoms with van der Waals surface area (Å²) in [5.74, 6) is 0.0884. The van der Waals surface area contributed by atoms with Crippen molar-refractivity contribution < 1.29 is 9.53 Å². The first-order chi connectivity index (χ1) is 9.29. The third kappa shape index (κ3) is 1.87. The number of rotatable bonds is 1. The van der Waals surface area contributed by atoms with Crippen LogP contribution in [0.5, 0.6) is 0 Å². The lowest BCUT2D eigenvalue weighted by Crippen LogP contribution is -2.25. The van der Waals surface area contributed by atoms with Crippen LogP contribution in [-0.4, -0.2) is 11.4 Å². The molecule has 2 nitrogen and oxygen atoms in total. The van der Waals surface area contributed by atoms with Crippen LogP contribution < -0.4 is 0 Å². The predicted molar refractivity (Wildman–Crippen MR) is 81.3 cm³/mol. The van der Waals surface area contributed by atoms with E-state index in [1.54, 1.807) is 0 Å². The molecule has 1 aliphatic rings. The van der Waals surface area contributed by atoms with Crippen LogP contribution >= 0.6 is 0 Å². The summed E-state index contributed by atoms with van der Waals surface area (Å²) in [4.78, 5) is 12.7. The molecule has 0 fully saturated rings. The summed E-state index contributed by atoms with van der Waals surface area (Å²) in [6, 6.07) is 8.11. The minimum Gasteiger partial charge on any atom is -0.360 e. The van der Waals surface area contributed by atoms with E-state index in [4.69, 9.17) is 4.74 Å². The number of aryl methyl sites for hydroxylation is 2. The second kappa shape index (κ2) is 4.16. The molecule has 1 atom stereocenters. The van der Waals surface area contributed by atoms with Crippen LogP contribution in [0.1, 0.15) is 53.9 Å². The van der Waals surface area contributed by atoms with Gasteiger partial charge in [-0.3, -0.25) is 4.79 Å². The van der Waals surface area contributed by atoms with Crippen molar-refractivity contribution in [3.63, 3.8) is 0 Å². The number of benzene rings is 2. The first-order valence-electron chi connectivity index (χ1n) is 7.04. The summed E-state index contributed by atoms with van der Waals surface area (Å²) in [5.41, 5.74) is 3.91. The van der Waals surface area contributed by atoms with E-state index >= 15 is 0 Å². The minimum absolute atomic E-state index is 0.0884. The highest BCUT2D eigenvalue weighted by atomic mass is 16.5. The summed E-state index contributed by atoms with van der Waals surface area (Å²) >= 11 is 0. The largest absolute Gasteiger partial charge is 0.360 e. The fraction of sp³-hybridized carbons (Fsp3) is 0.389. The molecule has 0 amide bonds. The predicted octanol–water partition coefficient (Wildman–Crippen LogP) is 4.51. The molecule has 1 unspecified atom stereocenters. The second-order valence-electron chi connectivity index (χ2n) is 6.63. The van der Waals surface area contributed by atoms with Gasteiger partial charge >= 0.3 is 0 Å². The molecular weight excluding hydrogens is 248 g/mol. The van der Waals surface area contributed by atoms with Gasteiger partial charge in [-0.1, -0.05) is 24.3 Å². The summed E-state index contributed by atoms with van der Waals surface area (Å²) < 4.78 is 6.01. The van der Waals surface area contributed by atoms with Gasteiger partial charge < -0.3 is 4.74 Å². The van der Waals surface area contributed by atoms with E-state index in [0.717, 1.165) is 16.5 Å². The average molecular weight is 268 g/mol. The van der Waals surface area contributed by atoms with E-state index in [9.17, 15) is 4.79 Å². The molecule has 0 saturated carbocycles. The highest BCUT2D eigenvalue weighted by Gasteiger charge is 2.36. The zero-order chi connectivity index (χ0) is 14.7. The Labute approximate surface area is 119 Å². The van der Waals surface area contributed by atoms with Gasteiger partial charge in [0.1, 0.15) is 6.10 Å². The van der Waals surface area contributed by atoms with Gasteiger partial charge in [-0.15, -0.1) is 0 Å². The van der Waals surface area contributed by atoms with Crippen LogP contribution in [0.3, 0.4) is 0 Å². The third-order valence-electron chi connectivity index (χ3n) is 3.87. The maximum Gasteiger partial charge on any atom is 0.196 e. The molecule has 0 spiro atoms. The molecule has 0 heterocycles. The Bertz CT molecular complexity index is 712. The first-order valence-corrected chi connectivity index (χ1v) is 7.04. The maximum absolute atomic E-state index is 12.7. The van der Waals surface area contributed by atoms with Gasteiger partial charge in [-0.05, 0) is 62.1 Å². The van der Waals surface area contributed by atoms with E-state index in [0.29, 0.717) is 0 Å². The summed E-state index contributed by atoms with van der Waals surface area (Å²) in [6.07, 6.45) is -0.463. The highest BCUT2D eigenvalue weighted by Crippen LogP contribution is 2.42. The van der Waals surface area contributed by atoms with Crippen LogP contribution in [0.15, 0.2) is 24.3 Å². The minimum atomic E-state index is -0.463. The van der Waals surface area contributed by atoms with Crippen molar-refractivity contribution in [2.24, 2.45) is 0 Å². The van der Waals surface area contributed by atoms with Gasteiger partial charge in [0.15, 0.2) is 5.78 Å². The summed E-state index contributed by atoms with van der Waals surface area (Å²) in [6.45, 7) is 10.1. The van der Waals surface area contributed by atoms with Crippen molar-refractivity contribution in [2.45, 2.75) is 46.3 Å². The summed E-state index contributed by atoms with van der Waals surface area (Å²) in [5, 5.41) is 2.29. The lowest BCUT2D eigenvalue weighted by molar-refractivity contribution is -0.0452. The molecule has 3 rings (SSSR count). The molecule has 104 valence electrons. The number of carbonyl (C=O) groups excluding carboxylic acids is 1. The summed E-state index contributed by atoms with van der Waals surface area (Å²) in [7, 11) is 0. The molecule has 0 aromatic heterocycles. The third-order valence-corrected chi connectivity index (χ3v) is 3.87. The van der Waals surface area contributed by atoms with Crippen LogP contribution in [0.4, 0.5) is 0 Å². The lowest BCUT2D eigenvalue weighted by atomic mass is 9.96. The molecule has 0 aliphatic heterocycles. The SMILES string of the molecule is Cc1ccc2c3c(ccc(C)c13)C(OC(C)(C)C)C2=O. The molecular formula is C18H20O2. The number of hydrogen-bond donors (Lipinski definition) is 0. The molecule has 0 N–H and O–H groups in total. The van der Waals surface area contributed by atoms with Crippen molar-refractivity contribution in [3.05, 3.63) is 46.5 Å². The van der Waals surface area contributed by atoms with E-state index in [2.05, 4.69) is 19.9 Å². The highest BCUT2D eigenvalue weighted by molar-refractivity contribution is 6.18. The monoisotopic (exact) mass is 268 g/mol. The number of hydrogen-bond acceptors (Lipinski definition) is 2. The van der Waals surface area contributed by atoms with E-state index in [1.165, 1.54) is 16.5 Å².